The minimum atomic E-state index is 0.424. The Morgan fingerprint density at radius 3 is 2.95 bits per heavy atom. The van der Waals surface area contributed by atoms with Crippen molar-refractivity contribution in [1.82, 2.24) is 9.97 Å². The van der Waals surface area contributed by atoms with Gasteiger partial charge in [0.2, 0.25) is 0 Å². The van der Waals surface area contributed by atoms with E-state index in [1.54, 1.807) is 0 Å². The van der Waals surface area contributed by atoms with E-state index in [9.17, 15) is 0 Å². The van der Waals surface area contributed by atoms with Gasteiger partial charge in [-0.1, -0.05) is 6.42 Å². The molecule has 0 amide bonds. The Hall–Kier alpha value is -1.36. The molecule has 1 aromatic heterocycles. The third-order valence-corrected chi connectivity index (χ3v) is 4.30. The van der Waals surface area contributed by atoms with E-state index in [2.05, 4.69) is 15.3 Å². The van der Waals surface area contributed by atoms with Crippen LogP contribution in [0.2, 0.25) is 0 Å². The van der Waals surface area contributed by atoms with Crippen LogP contribution in [-0.2, 0) is 11.3 Å². The van der Waals surface area contributed by atoms with Crippen LogP contribution in [0.4, 0.5) is 11.6 Å². The van der Waals surface area contributed by atoms with Gasteiger partial charge in [0, 0.05) is 18.7 Å². The average Bonchev–Trinajstić information content (AvgIpc) is 2.98. The summed E-state index contributed by atoms with van der Waals surface area (Å²) in [6.07, 6.45) is 5.42. The van der Waals surface area contributed by atoms with Crippen molar-refractivity contribution in [2.75, 3.05) is 17.7 Å². The van der Waals surface area contributed by atoms with Gasteiger partial charge in [0.15, 0.2) is 5.82 Å². The topological polar surface area (TPSA) is 73.1 Å². The summed E-state index contributed by atoms with van der Waals surface area (Å²) >= 11 is 0. The Bertz CT molecular complexity index is 451. The molecule has 0 saturated heterocycles. The molecular formula is C14H22N4O. The quantitative estimate of drug-likeness (QED) is 0.851. The zero-order valence-corrected chi connectivity index (χ0v) is 11.4. The molecule has 3 rings (SSSR count). The van der Waals surface area contributed by atoms with Gasteiger partial charge in [-0.05, 0) is 38.0 Å². The molecule has 0 aromatic carbocycles. The molecule has 0 spiro atoms. The van der Waals surface area contributed by atoms with E-state index in [0.29, 0.717) is 30.9 Å². The van der Waals surface area contributed by atoms with Gasteiger partial charge in [-0.15, -0.1) is 0 Å². The van der Waals surface area contributed by atoms with Crippen LogP contribution in [-0.4, -0.2) is 22.6 Å². The highest BCUT2D eigenvalue weighted by molar-refractivity contribution is 5.45. The van der Waals surface area contributed by atoms with Gasteiger partial charge in [-0.3, -0.25) is 0 Å². The fourth-order valence-corrected chi connectivity index (χ4v) is 3.46. The van der Waals surface area contributed by atoms with Crippen molar-refractivity contribution in [3.05, 3.63) is 11.9 Å². The molecule has 2 saturated carbocycles. The zero-order chi connectivity index (χ0) is 13.2. The van der Waals surface area contributed by atoms with Crippen molar-refractivity contribution < 1.29 is 4.74 Å². The Kier molecular flexibility index (Phi) is 3.55. The Labute approximate surface area is 114 Å². The SMILES string of the molecule is CCOCc1nc(N)cc(NC2CC3CCC2C3)n1. The van der Waals surface area contributed by atoms with Crippen LogP contribution in [0.3, 0.4) is 0 Å². The average molecular weight is 262 g/mol. The maximum absolute atomic E-state index is 5.83. The molecular weight excluding hydrogens is 240 g/mol. The van der Waals surface area contributed by atoms with Crippen LogP contribution >= 0.6 is 0 Å². The molecule has 1 heterocycles. The van der Waals surface area contributed by atoms with Gasteiger partial charge in [0.1, 0.15) is 18.2 Å². The second-order valence-electron chi connectivity index (χ2n) is 5.66. The standard InChI is InChI=1S/C14H22N4O/c1-2-19-8-14-17-12(15)7-13(18-14)16-11-6-9-3-4-10(11)5-9/h7,9-11H,2-6,8H2,1H3,(H3,15,16,17,18). The molecule has 5 heteroatoms. The number of anilines is 2. The maximum Gasteiger partial charge on any atom is 0.158 e. The first-order valence-electron chi connectivity index (χ1n) is 7.22. The highest BCUT2D eigenvalue weighted by Crippen LogP contribution is 2.45. The second-order valence-corrected chi connectivity index (χ2v) is 5.66. The molecule has 2 fully saturated rings. The number of hydrogen-bond donors (Lipinski definition) is 2. The van der Waals surface area contributed by atoms with Crippen molar-refractivity contribution >= 4 is 11.6 Å². The lowest BCUT2D eigenvalue weighted by Gasteiger charge is -2.23. The lowest BCUT2D eigenvalue weighted by molar-refractivity contribution is 0.128. The van der Waals surface area contributed by atoms with E-state index in [-0.39, 0.29) is 0 Å². The summed E-state index contributed by atoms with van der Waals surface area (Å²) in [4.78, 5) is 8.69. The molecule has 1 aromatic rings. The van der Waals surface area contributed by atoms with E-state index in [0.717, 1.165) is 17.7 Å². The molecule has 104 valence electrons. The number of hydrogen-bond acceptors (Lipinski definition) is 5. The van der Waals surface area contributed by atoms with Crippen LogP contribution in [0.15, 0.2) is 6.07 Å². The number of nitrogens with two attached hydrogens (primary N) is 1. The van der Waals surface area contributed by atoms with Crippen LogP contribution < -0.4 is 11.1 Å². The fourth-order valence-electron chi connectivity index (χ4n) is 3.46. The largest absolute Gasteiger partial charge is 0.384 e. The van der Waals surface area contributed by atoms with Crippen LogP contribution in [0, 0.1) is 11.8 Å². The molecule has 19 heavy (non-hydrogen) atoms. The summed E-state index contributed by atoms with van der Waals surface area (Å²) in [5.41, 5.74) is 5.83. The number of fused-ring (bicyclic) bond motifs is 2. The molecule has 3 atom stereocenters. The predicted octanol–water partition coefficient (Wildman–Crippen LogP) is 2.20. The van der Waals surface area contributed by atoms with E-state index >= 15 is 0 Å². The molecule has 3 unspecified atom stereocenters. The molecule has 0 radical (unpaired) electrons. The van der Waals surface area contributed by atoms with Gasteiger partial charge in [0.05, 0.1) is 0 Å². The van der Waals surface area contributed by atoms with Crippen LogP contribution in [0.25, 0.3) is 0 Å². The summed E-state index contributed by atoms with van der Waals surface area (Å²) in [5.74, 6) is 3.75. The monoisotopic (exact) mass is 262 g/mol. The number of nitrogens with one attached hydrogen (secondary N) is 1. The van der Waals surface area contributed by atoms with Gasteiger partial charge in [0.25, 0.3) is 0 Å². The second kappa shape index (κ2) is 5.33. The summed E-state index contributed by atoms with van der Waals surface area (Å²) in [5, 5.41) is 3.54. The minimum absolute atomic E-state index is 0.424. The van der Waals surface area contributed by atoms with Crippen molar-refractivity contribution in [2.24, 2.45) is 11.8 Å². The molecule has 2 aliphatic carbocycles. The number of rotatable bonds is 5. The van der Waals surface area contributed by atoms with E-state index in [4.69, 9.17) is 10.5 Å². The van der Waals surface area contributed by atoms with Gasteiger partial charge < -0.3 is 15.8 Å². The Morgan fingerprint density at radius 2 is 2.26 bits per heavy atom. The van der Waals surface area contributed by atoms with Crippen molar-refractivity contribution in [3.8, 4) is 0 Å². The fraction of sp³-hybridized carbons (Fsp3) is 0.714. The van der Waals surface area contributed by atoms with Gasteiger partial charge in [-0.2, -0.15) is 0 Å². The number of ether oxygens (including phenoxy) is 1. The highest BCUT2D eigenvalue weighted by atomic mass is 16.5. The predicted molar refractivity (Wildman–Crippen MR) is 74.6 cm³/mol. The first-order valence-corrected chi connectivity index (χ1v) is 7.22. The molecule has 2 bridgehead atoms. The third-order valence-electron chi connectivity index (χ3n) is 4.30. The first-order chi connectivity index (χ1) is 9.24. The summed E-state index contributed by atoms with van der Waals surface area (Å²) in [6, 6.07) is 2.38. The van der Waals surface area contributed by atoms with E-state index < -0.39 is 0 Å². The van der Waals surface area contributed by atoms with Crippen LogP contribution in [0.1, 0.15) is 38.4 Å². The number of nitrogen functional groups attached to an aromatic ring is 1. The zero-order valence-electron chi connectivity index (χ0n) is 11.4. The van der Waals surface area contributed by atoms with Crippen LogP contribution in [0.5, 0.6) is 0 Å². The van der Waals surface area contributed by atoms with E-state index in [1.165, 1.54) is 25.7 Å². The minimum Gasteiger partial charge on any atom is -0.384 e. The Balaban J connectivity index is 1.68. The lowest BCUT2D eigenvalue weighted by atomic mass is 9.95. The van der Waals surface area contributed by atoms with Crippen molar-refractivity contribution in [2.45, 2.75) is 45.3 Å². The smallest absolute Gasteiger partial charge is 0.158 e. The van der Waals surface area contributed by atoms with E-state index in [1.807, 2.05) is 13.0 Å². The van der Waals surface area contributed by atoms with Gasteiger partial charge >= 0.3 is 0 Å². The van der Waals surface area contributed by atoms with Crippen molar-refractivity contribution in [1.29, 1.82) is 0 Å². The Morgan fingerprint density at radius 1 is 1.37 bits per heavy atom. The number of aromatic nitrogens is 2. The summed E-state index contributed by atoms with van der Waals surface area (Å²) in [6.45, 7) is 3.04. The first kappa shape index (κ1) is 12.7. The highest BCUT2D eigenvalue weighted by Gasteiger charge is 2.39. The molecule has 5 nitrogen and oxygen atoms in total. The number of nitrogens with zero attached hydrogens (tertiary/aromatic N) is 2. The summed E-state index contributed by atoms with van der Waals surface area (Å²) in [7, 11) is 0. The van der Waals surface area contributed by atoms with Crippen molar-refractivity contribution in [3.63, 3.8) is 0 Å². The van der Waals surface area contributed by atoms with Gasteiger partial charge in [-0.25, -0.2) is 9.97 Å². The summed E-state index contributed by atoms with van der Waals surface area (Å²) < 4.78 is 5.34. The third kappa shape index (κ3) is 2.81. The normalized spacial score (nSPS) is 28.8. The molecule has 2 aliphatic rings. The lowest BCUT2D eigenvalue weighted by Crippen LogP contribution is -2.26. The molecule has 3 N–H and O–H groups in total. The maximum atomic E-state index is 5.83. The molecule has 0 aliphatic heterocycles.